The van der Waals surface area contributed by atoms with Crippen molar-refractivity contribution < 1.29 is 61.9 Å². The van der Waals surface area contributed by atoms with Crippen LogP contribution in [-0.4, -0.2) is 249 Å². The molecule has 12 amide bonds. The molecule has 6 aliphatic rings. The average molecular weight is 1510 g/mol. The number of carbonyl (C=O) groups excluding carboxylic acids is 12. The maximum Gasteiger partial charge on any atom is 0.246 e. The third-order valence-corrected chi connectivity index (χ3v) is 23.8. The largest absolute Gasteiger partial charge is 0.343 e. The molecule has 4 N–H and O–H groups in total. The second-order valence-electron chi connectivity index (χ2n) is 31.6. The number of nitrogens with zero attached hydrogens (tertiary/aromatic N) is 8. The highest BCUT2D eigenvalue weighted by atomic mass is 127. The number of piperidine rings is 1. The molecule has 4 unspecified atom stereocenters. The van der Waals surface area contributed by atoms with E-state index < -0.39 is 162 Å². The van der Waals surface area contributed by atoms with Crippen LogP contribution in [0, 0.1) is 41.4 Å². The summed E-state index contributed by atoms with van der Waals surface area (Å²) in [4.78, 5) is 190. The number of likely N-dealkylation sites (N-methyl/N-ethyl adjacent to an activating group) is 6. The zero-order chi connectivity index (χ0) is 73.5. The molecule has 0 radical (unpaired) electrons. The van der Waals surface area contributed by atoms with Crippen LogP contribution in [0.15, 0.2) is 0 Å². The monoisotopic (exact) mass is 1500 g/mol. The van der Waals surface area contributed by atoms with Gasteiger partial charge < -0.3 is 60.5 Å². The van der Waals surface area contributed by atoms with Gasteiger partial charge in [-0.2, -0.15) is 0 Å². The Morgan fingerprint density at radius 2 is 1.20 bits per heavy atom. The smallest absolute Gasteiger partial charge is 0.246 e. The highest BCUT2D eigenvalue weighted by molar-refractivity contribution is 14.1. The molecule has 0 aromatic heterocycles. The van der Waals surface area contributed by atoms with Crippen molar-refractivity contribution in [2.45, 2.75) is 274 Å². The molecule has 3 aliphatic heterocycles. The van der Waals surface area contributed by atoms with Gasteiger partial charge in [-0.15, -0.1) is 0 Å². The summed E-state index contributed by atoms with van der Waals surface area (Å²) in [5, 5.41) is 11.7. The molecule has 3 saturated heterocycles. The summed E-state index contributed by atoms with van der Waals surface area (Å²) in [6.07, 6.45) is 10.7. The highest BCUT2D eigenvalue weighted by Crippen LogP contribution is 2.36. The van der Waals surface area contributed by atoms with Crippen molar-refractivity contribution in [3.8, 4) is 0 Å². The van der Waals surface area contributed by atoms with Crippen LogP contribution in [0.4, 0.5) is 4.39 Å². The fourth-order valence-electron chi connectivity index (χ4n) is 15.4. The molecular weight excluding hydrogens is 1380 g/mol. The van der Waals surface area contributed by atoms with Crippen molar-refractivity contribution in [2.24, 2.45) is 41.4 Å². The zero-order valence-corrected chi connectivity index (χ0v) is 64.5. The summed E-state index contributed by atoms with van der Waals surface area (Å²) < 4.78 is 16.4. The molecule has 99 heavy (non-hydrogen) atoms. The number of nitrogens with one attached hydrogen (secondary N) is 4. The predicted octanol–water partition coefficient (Wildman–Crippen LogP) is 6.23. The van der Waals surface area contributed by atoms with E-state index in [1.165, 1.54) is 90.4 Å². The number of fused-ring (bicyclic) bond motifs is 1. The number of carbonyl (C=O) groups is 12. The Balaban J connectivity index is 1.43. The van der Waals surface area contributed by atoms with Crippen molar-refractivity contribution in [1.82, 2.24) is 60.5 Å². The molecule has 3 heterocycles. The van der Waals surface area contributed by atoms with Crippen LogP contribution >= 0.6 is 22.6 Å². The molecule has 3 saturated carbocycles. The normalized spacial score (nSPS) is 31.9. The highest BCUT2D eigenvalue weighted by Gasteiger charge is 2.47. The number of likely N-dealkylation sites (tertiary alicyclic amines) is 1. The molecule has 560 valence electrons. The standard InChI is InChI=1S/C73H122FIN12O12/c1-16-47(7)63-71(98)81(11)43-62(90)87-34-31-56(87)69(96)84(14)58(39-48-29-27-46(6)28-30-48)68(95)80(10)42-60(88)76-53(38-49-23-22-25-51(75)37-49)64(91)77-55(40-50-24-18-19-26-52(50)74)67(94)85(15)73(8,9)72(99)78-54(35-44(2)3)66(93)83(13)59(70(97)86-32-20-17-21-33-86)41-61(89)82(12)57(36-45(4)5)65(92)79-63/h44-59,63H,16-43H2,1-15H3,(H,76,88)(H,77,91)(H,78,99)(H,79,92)/t46?,47-,48?,49?,50?,51?,52?,53-,54-,55-,56-,57-,58-,59-,63-/m0/s1. The second-order valence-corrected chi connectivity index (χ2v) is 33.4. The first-order valence-corrected chi connectivity index (χ1v) is 38.4. The average Bonchev–Trinajstić information content (AvgIpc) is 0.803. The van der Waals surface area contributed by atoms with E-state index in [4.69, 9.17) is 0 Å². The van der Waals surface area contributed by atoms with Crippen molar-refractivity contribution in [3.63, 3.8) is 0 Å². The van der Waals surface area contributed by atoms with Gasteiger partial charge in [0.2, 0.25) is 70.9 Å². The van der Waals surface area contributed by atoms with Gasteiger partial charge in [0.05, 0.1) is 19.5 Å². The predicted molar refractivity (Wildman–Crippen MR) is 385 cm³/mol. The van der Waals surface area contributed by atoms with Crippen LogP contribution in [0.25, 0.3) is 0 Å². The Labute approximate surface area is 603 Å². The van der Waals surface area contributed by atoms with Crippen LogP contribution in [0.3, 0.4) is 0 Å². The lowest BCUT2D eigenvalue weighted by Gasteiger charge is -2.44. The van der Waals surface area contributed by atoms with Gasteiger partial charge in [-0.25, -0.2) is 4.39 Å². The van der Waals surface area contributed by atoms with Gasteiger partial charge in [-0.3, -0.25) is 57.5 Å². The second kappa shape index (κ2) is 37.5. The summed E-state index contributed by atoms with van der Waals surface area (Å²) in [6, 6.07) is -9.67. The van der Waals surface area contributed by atoms with Crippen LogP contribution in [0.1, 0.15) is 210 Å². The molecular formula is C73H122FIN12O12. The minimum atomic E-state index is -1.75. The third kappa shape index (κ3) is 22.2. The van der Waals surface area contributed by atoms with E-state index in [0.717, 1.165) is 57.8 Å². The molecule has 0 bridgehead atoms. The maximum absolute atomic E-state index is 16.0. The van der Waals surface area contributed by atoms with Crippen LogP contribution in [-0.2, 0) is 57.5 Å². The summed E-state index contributed by atoms with van der Waals surface area (Å²) in [5.41, 5.74) is -1.75. The molecule has 26 heteroatoms. The van der Waals surface area contributed by atoms with Crippen LogP contribution in [0.5, 0.6) is 0 Å². The zero-order valence-electron chi connectivity index (χ0n) is 62.3. The third-order valence-electron chi connectivity index (χ3n) is 22.6. The van der Waals surface area contributed by atoms with Gasteiger partial charge in [0.15, 0.2) is 0 Å². The van der Waals surface area contributed by atoms with Crippen molar-refractivity contribution >= 4 is 93.5 Å². The summed E-state index contributed by atoms with van der Waals surface area (Å²) in [6.45, 7) is 16.3. The van der Waals surface area contributed by atoms with Gasteiger partial charge >= 0.3 is 0 Å². The fraction of sp³-hybridized carbons (Fsp3) is 0.836. The van der Waals surface area contributed by atoms with E-state index in [1.54, 1.807) is 11.8 Å². The van der Waals surface area contributed by atoms with E-state index >= 15 is 28.4 Å². The van der Waals surface area contributed by atoms with E-state index in [1.807, 2.05) is 34.6 Å². The van der Waals surface area contributed by atoms with Gasteiger partial charge in [-0.1, -0.05) is 129 Å². The van der Waals surface area contributed by atoms with E-state index in [2.05, 4.69) is 50.8 Å². The van der Waals surface area contributed by atoms with Crippen molar-refractivity contribution in [3.05, 3.63) is 0 Å². The van der Waals surface area contributed by atoms with Gasteiger partial charge in [0.1, 0.15) is 60.0 Å². The first-order valence-electron chi connectivity index (χ1n) is 37.2. The molecule has 6 fully saturated rings. The molecule has 13 atom stereocenters. The Morgan fingerprint density at radius 1 is 0.566 bits per heavy atom. The fourth-order valence-corrected chi connectivity index (χ4v) is 16.5. The molecule has 3 aliphatic carbocycles. The lowest BCUT2D eigenvalue weighted by atomic mass is 9.79. The SMILES string of the molecule is CC[C@H](C)[C@@H]1NC(=O)[C@H](CC(C)C)N(C)C(=O)C[C@@H](C(=O)N2CCCCC2)N(C)C(=O)[C@H](CC(C)C)NC(=O)C(C)(C)N(C)C(=O)[C@H](CC2CCCCC2F)NC(=O)[C@H](CC2CCCC(I)C2)NC(=O)CN(C)C(=O)[C@H](CC2CCC(C)CC2)N(C)C(=O)[C@@H]2CCN2C(=O)CN(C)C1=O. The van der Waals surface area contributed by atoms with Crippen LogP contribution < -0.4 is 21.3 Å². The van der Waals surface area contributed by atoms with Crippen molar-refractivity contribution in [2.75, 3.05) is 75.0 Å². The van der Waals surface area contributed by atoms with E-state index in [9.17, 15) is 33.6 Å². The summed E-state index contributed by atoms with van der Waals surface area (Å²) in [7, 11) is 8.72. The minimum Gasteiger partial charge on any atom is -0.343 e. The molecule has 0 aromatic carbocycles. The number of amides is 12. The minimum absolute atomic E-state index is 0.0111. The topological polar surface area (TPSA) is 279 Å². The summed E-state index contributed by atoms with van der Waals surface area (Å²) >= 11 is 2.40. The van der Waals surface area contributed by atoms with Crippen molar-refractivity contribution in [1.29, 1.82) is 0 Å². The van der Waals surface area contributed by atoms with Gasteiger partial charge in [0.25, 0.3) is 0 Å². The molecule has 6 rings (SSSR count). The number of alkyl halides is 2. The Kier molecular flexibility index (Phi) is 31.1. The number of hydrogen-bond acceptors (Lipinski definition) is 12. The number of halogens is 2. The summed E-state index contributed by atoms with van der Waals surface area (Å²) in [5.74, 6) is -8.38. The Hall–Kier alpha value is -5.70. The Morgan fingerprint density at radius 3 is 1.80 bits per heavy atom. The maximum atomic E-state index is 16.0. The van der Waals surface area contributed by atoms with Crippen LogP contribution in [0.2, 0.25) is 0 Å². The first-order chi connectivity index (χ1) is 46.6. The number of hydrogen-bond donors (Lipinski definition) is 4. The lowest BCUT2D eigenvalue weighted by Crippen LogP contribution is -2.64. The van der Waals surface area contributed by atoms with E-state index in [0.29, 0.717) is 67.9 Å². The molecule has 0 spiro atoms. The van der Waals surface area contributed by atoms with E-state index in [-0.39, 0.29) is 68.7 Å². The molecule has 24 nitrogen and oxygen atoms in total. The first kappa shape index (κ1) is 82.3. The number of rotatable bonds is 13. The lowest BCUT2D eigenvalue weighted by molar-refractivity contribution is -0.158. The van der Waals surface area contributed by atoms with Gasteiger partial charge in [-0.05, 0) is 139 Å². The molecule has 0 aromatic rings. The quantitative estimate of drug-likeness (QED) is 0.118. The van der Waals surface area contributed by atoms with Gasteiger partial charge in [0, 0.05) is 65.8 Å². The Bertz CT molecular complexity index is 2840.